The van der Waals surface area contributed by atoms with Crippen molar-refractivity contribution in [1.29, 1.82) is 0 Å². The van der Waals surface area contributed by atoms with Crippen LogP contribution in [-0.4, -0.2) is 32.5 Å². The first-order valence-electron chi connectivity index (χ1n) is 5.59. The van der Waals surface area contributed by atoms with E-state index >= 15 is 0 Å². The lowest BCUT2D eigenvalue weighted by atomic mass is 10.1. The van der Waals surface area contributed by atoms with Crippen LogP contribution in [0.25, 0.3) is 0 Å². The average molecular weight is 240 g/mol. The molecule has 0 bridgehead atoms. The van der Waals surface area contributed by atoms with Crippen LogP contribution in [0.5, 0.6) is 17.2 Å². The van der Waals surface area contributed by atoms with E-state index in [1.165, 1.54) is 0 Å². The number of hydrogen-bond donors (Lipinski definition) is 1. The number of aliphatic hydroxyl groups excluding tert-OH is 1. The van der Waals surface area contributed by atoms with E-state index in [2.05, 4.69) is 0 Å². The Bertz CT molecular complexity index is 361. The lowest BCUT2D eigenvalue weighted by molar-refractivity contribution is 0.184. The van der Waals surface area contributed by atoms with E-state index in [0.717, 1.165) is 17.7 Å². The third-order valence-electron chi connectivity index (χ3n) is 2.62. The minimum Gasteiger partial charge on any atom is -0.496 e. The lowest BCUT2D eigenvalue weighted by Crippen LogP contribution is -2.03. The minimum absolute atomic E-state index is 0.326. The second kappa shape index (κ2) is 6.35. The Morgan fingerprint density at radius 1 is 1.00 bits per heavy atom. The highest BCUT2D eigenvalue weighted by molar-refractivity contribution is 5.50. The van der Waals surface area contributed by atoms with Crippen molar-refractivity contribution in [2.75, 3.05) is 21.3 Å². The Labute approximate surface area is 102 Å². The van der Waals surface area contributed by atoms with Crippen molar-refractivity contribution in [3.05, 3.63) is 17.7 Å². The summed E-state index contributed by atoms with van der Waals surface area (Å²) in [4.78, 5) is 0. The molecular formula is C13H20O4. The van der Waals surface area contributed by atoms with Gasteiger partial charge in [-0.15, -0.1) is 0 Å². The Morgan fingerprint density at radius 2 is 1.53 bits per heavy atom. The van der Waals surface area contributed by atoms with Crippen molar-refractivity contribution >= 4 is 0 Å². The standard InChI is InChI=1S/C13H20O4/c1-9(14)5-6-10-7-12(16-3)13(17-4)8-11(10)15-2/h7-9,14H,5-6H2,1-4H3/t9-/m0/s1. The fourth-order valence-corrected chi connectivity index (χ4v) is 1.65. The monoisotopic (exact) mass is 240 g/mol. The van der Waals surface area contributed by atoms with Crippen LogP contribution in [0.1, 0.15) is 18.9 Å². The van der Waals surface area contributed by atoms with Crippen LogP contribution in [0.2, 0.25) is 0 Å². The number of benzene rings is 1. The molecule has 0 radical (unpaired) electrons. The highest BCUT2D eigenvalue weighted by atomic mass is 16.5. The number of ether oxygens (including phenoxy) is 3. The molecule has 0 fully saturated rings. The van der Waals surface area contributed by atoms with Crippen molar-refractivity contribution in [1.82, 2.24) is 0 Å². The molecule has 1 aromatic rings. The molecule has 0 heterocycles. The molecule has 4 nitrogen and oxygen atoms in total. The van der Waals surface area contributed by atoms with Crippen LogP contribution in [-0.2, 0) is 6.42 Å². The number of aryl methyl sites for hydroxylation is 1. The molecule has 0 saturated heterocycles. The van der Waals surface area contributed by atoms with Gasteiger partial charge in [0.1, 0.15) is 5.75 Å². The molecule has 96 valence electrons. The minimum atomic E-state index is -0.326. The molecule has 4 heteroatoms. The Morgan fingerprint density at radius 3 is 2.00 bits per heavy atom. The zero-order chi connectivity index (χ0) is 12.8. The van der Waals surface area contributed by atoms with Gasteiger partial charge in [-0.25, -0.2) is 0 Å². The number of methoxy groups -OCH3 is 3. The van der Waals surface area contributed by atoms with Crippen LogP contribution in [0.4, 0.5) is 0 Å². The maximum absolute atomic E-state index is 9.31. The van der Waals surface area contributed by atoms with Gasteiger partial charge in [-0.2, -0.15) is 0 Å². The lowest BCUT2D eigenvalue weighted by Gasteiger charge is -2.14. The van der Waals surface area contributed by atoms with Gasteiger partial charge in [-0.1, -0.05) is 0 Å². The van der Waals surface area contributed by atoms with Gasteiger partial charge in [0.15, 0.2) is 11.5 Å². The smallest absolute Gasteiger partial charge is 0.164 e. The highest BCUT2D eigenvalue weighted by Gasteiger charge is 2.12. The molecule has 0 aliphatic heterocycles. The van der Waals surface area contributed by atoms with Gasteiger partial charge in [0, 0.05) is 6.07 Å². The summed E-state index contributed by atoms with van der Waals surface area (Å²) in [5, 5.41) is 9.31. The second-order valence-corrected chi connectivity index (χ2v) is 3.91. The predicted molar refractivity (Wildman–Crippen MR) is 66.1 cm³/mol. The normalized spacial score (nSPS) is 12.1. The van der Waals surface area contributed by atoms with Crippen molar-refractivity contribution < 1.29 is 19.3 Å². The summed E-state index contributed by atoms with van der Waals surface area (Å²) in [6.07, 6.45) is 1.10. The number of aliphatic hydroxyl groups is 1. The Kier molecular flexibility index (Phi) is 5.10. The molecule has 1 N–H and O–H groups in total. The summed E-state index contributed by atoms with van der Waals surface area (Å²) >= 11 is 0. The molecule has 1 atom stereocenters. The molecule has 0 aliphatic carbocycles. The largest absolute Gasteiger partial charge is 0.496 e. The van der Waals surface area contributed by atoms with Gasteiger partial charge in [0.05, 0.1) is 27.4 Å². The van der Waals surface area contributed by atoms with E-state index in [9.17, 15) is 5.11 Å². The molecule has 0 aliphatic rings. The number of rotatable bonds is 6. The van der Waals surface area contributed by atoms with Crippen LogP contribution in [0.15, 0.2) is 12.1 Å². The highest BCUT2D eigenvalue weighted by Crippen LogP contribution is 2.35. The topological polar surface area (TPSA) is 47.9 Å². The van der Waals surface area contributed by atoms with Crippen molar-refractivity contribution in [2.45, 2.75) is 25.9 Å². The molecule has 1 aromatic carbocycles. The van der Waals surface area contributed by atoms with Gasteiger partial charge in [-0.05, 0) is 31.4 Å². The van der Waals surface area contributed by atoms with Crippen molar-refractivity contribution in [3.63, 3.8) is 0 Å². The summed E-state index contributed by atoms with van der Waals surface area (Å²) in [7, 11) is 4.81. The van der Waals surface area contributed by atoms with E-state index in [4.69, 9.17) is 14.2 Å². The third-order valence-corrected chi connectivity index (χ3v) is 2.62. The third kappa shape index (κ3) is 3.53. The first-order valence-corrected chi connectivity index (χ1v) is 5.59. The Hall–Kier alpha value is -1.42. The summed E-state index contributed by atoms with van der Waals surface area (Å²) in [6.45, 7) is 1.77. The quantitative estimate of drug-likeness (QED) is 0.826. The van der Waals surface area contributed by atoms with E-state index in [1.54, 1.807) is 34.3 Å². The van der Waals surface area contributed by atoms with E-state index in [1.807, 2.05) is 6.07 Å². The summed E-state index contributed by atoms with van der Waals surface area (Å²) < 4.78 is 15.7. The van der Waals surface area contributed by atoms with E-state index < -0.39 is 0 Å². The molecule has 17 heavy (non-hydrogen) atoms. The Balaban J connectivity index is 3.01. The molecule has 1 rings (SSSR count). The maximum Gasteiger partial charge on any atom is 0.164 e. The van der Waals surface area contributed by atoms with Crippen LogP contribution in [0.3, 0.4) is 0 Å². The van der Waals surface area contributed by atoms with Gasteiger partial charge in [-0.3, -0.25) is 0 Å². The zero-order valence-corrected chi connectivity index (χ0v) is 10.8. The molecule has 0 amide bonds. The second-order valence-electron chi connectivity index (χ2n) is 3.91. The predicted octanol–water partition coefficient (Wildman–Crippen LogP) is 2.03. The summed E-state index contributed by atoms with van der Waals surface area (Å²) in [5.41, 5.74) is 1.01. The van der Waals surface area contributed by atoms with Gasteiger partial charge < -0.3 is 19.3 Å². The van der Waals surface area contributed by atoms with Gasteiger partial charge >= 0.3 is 0 Å². The summed E-state index contributed by atoms with van der Waals surface area (Å²) in [6, 6.07) is 3.69. The van der Waals surface area contributed by atoms with Crippen LogP contribution >= 0.6 is 0 Å². The van der Waals surface area contributed by atoms with Crippen molar-refractivity contribution in [2.24, 2.45) is 0 Å². The zero-order valence-electron chi connectivity index (χ0n) is 10.8. The van der Waals surface area contributed by atoms with Crippen LogP contribution < -0.4 is 14.2 Å². The number of hydrogen-bond acceptors (Lipinski definition) is 4. The van der Waals surface area contributed by atoms with Gasteiger partial charge in [0.2, 0.25) is 0 Å². The average Bonchev–Trinajstić information content (AvgIpc) is 2.34. The first-order chi connectivity index (χ1) is 8.12. The van der Waals surface area contributed by atoms with E-state index in [0.29, 0.717) is 17.9 Å². The van der Waals surface area contributed by atoms with Gasteiger partial charge in [0.25, 0.3) is 0 Å². The molecule has 0 spiro atoms. The van der Waals surface area contributed by atoms with Crippen LogP contribution in [0, 0.1) is 0 Å². The molecule has 0 aromatic heterocycles. The SMILES string of the molecule is COc1cc(OC)c(OC)cc1CC[C@H](C)O. The van der Waals surface area contributed by atoms with Crippen molar-refractivity contribution in [3.8, 4) is 17.2 Å². The molecule has 0 saturated carbocycles. The maximum atomic E-state index is 9.31. The van der Waals surface area contributed by atoms with E-state index in [-0.39, 0.29) is 6.10 Å². The fraction of sp³-hybridized carbons (Fsp3) is 0.538. The fourth-order valence-electron chi connectivity index (χ4n) is 1.65. The molecular weight excluding hydrogens is 220 g/mol. The molecule has 0 unspecified atom stereocenters. The summed E-state index contributed by atoms with van der Waals surface area (Å²) in [5.74, 6) is 2.07. The first kappa shape index (κ1) is 13.6.